The Hall–Kier alpha value is -0.520. The first-order valence-corrected chi connectivity index (χ1v) is 7.62. The number of aromatic nitrogens is 2. The van der Waals surface area contributed by atoms with E-state index in [9.17, 15) is 0 Å². The zero-order valence-electron chi connectivity index (χ0n) is 11.5. The molecular formula is C13H23N3OS. The van der Waals surface area contributed by atoms with Crippen molar-refractivity contribution >= 4 is 11.3 Å². The Morgan fingerprint density at radius 1 is 1.44 bits per heavy atom. The summed E-state index contributed by atoms with van der Waals surface area (Å²) in [6, 6.07) is 0.556. The Bertz CT molecular complexity index is 372. The summed E-state index contributed by atoms with van der Waals surface area (Å²) < 4.78 is 5.79. The first kappa shape index (κ1) is 13.9. The maximum absolute atomic E-state index is 5.79. The van der Waals surface area contributed by atoms with Crippen molar-refractivity contribution in [3.63, 3.8) is 0 Å². The van der Waals surface area contributed by atoms with Crippen molar-refractivity contribution in [1.29, 1.82) is 0 Å². The zero-order chi connectivity index (χ0) is 13.0. The third-order valence-electron chi connectivity index (χ3n) is 3.26. The molecule has 1 aromatic rings. The molecule has 0 saturated carbocycles. The van der Waals surface area contributed by atoms with Crippen molar-refractivity contribution < 1.29 is 4.74 Å². The van der Waals surface area contributed by atoms with E-state index >= 15 is 0 Å². The first-order valence-electron chi connectivity index (χ1n) is 6.80. The van der Waals surface area contributed by atoms with E-state index in [1.54, 1.807) is 11.3 Å². The van der Waals surface area contributed by atoms with Crippen molar-refractivity contribution in [2.24, 2.45) is 0 Å². The zero-order valence-corrected chi connectivity index (χ0v) is 12.3. The lowest BCUT2D eigenvalue weighted by Gasteiger charge is -2.18. The lowest BCUT2D eigenvalue weighted by Crippen LogP contribution is -2.23. The summed E-state index contributed by atoms with van der Waals surface area (Å²) in [6.45, 7) is 8.36. The van der Waals surface area contributed by atoms with Crippen LogP contribution in [0.3, 0.4) is 0 Å². The summed E-state index contributed by atoms with van der Waals surface area (Å²) in [5.74, 6) is 0. The molecule has 0 spiro atoms. The predicted octanol–water partition coefficient (Wildman–Crippen LogP) is 2.49. The van der Waals surface area contributed by atoms with Crippen LogP contribution < -0.4 is 5.32 Å². The van der Waals surface area contributed by atoms with Crippen molar-refractivity contribution in [1.82, 2.24) is 15.5 Å². The summed E-state index contributed by atoms with van der Waals surface area (Å²) >= 11 is 1.71. The van der Waals surface area contributed by atoms with Crippen LogP contribution in [0.15, 0.2) is 0 Å². The number of nitrogens with one attached hydrogen (secondary N) is 1. The van der Waals surface area contributed by atoms with Crippen molar-refractivity contribution in [3.8, 4) is 0 Å². The van der Waals surface area contributed by atoms with E-state index in [1.807, 2.05) is 0 Å². The quantitative estimate of drug-likeness (QED) is 0.806. The molecule has 0 bridgehead atoms. The summed E-state index contributed by atoms with van der Waals surface area (Å²) in [5, 5.41) is 14.2. The molecule has 1 atom stereocenters. The largest absolute Gasteiger partial charge is 0.368 e. The summed E-state index contributed by atoms with van der Waals surface area (Å²) in [5.41, 5.74) is -0.175. The average molecular weight is 269 g/mol. The molecule has 1 saturated heterocycles. The number of hydrogen-bond donors (Lipinski definition) is 1. The molecule has 1 fully saturated rings. The molecule has 102 valence electrons. The molecule has 1 unspecified atom stereocenters. The minimum absolute atomic E-state index is 0.175. The van der Waals surface area contributed by atoms with Gasteiger partial charge >= 0.3 is 0 Å². The summed E-state index contributed by atoms with van der Waals surface area (Å²) in [6.07, 6.45) is 4.32. The van der Waals surface area contributed by atoms with E-state index in [0.717, 1.165) is 48.9 Å². The molecule has 4 nitrogen and oxygen atoms in total. The Morgan fingerprint density at radius 3 is 2.94 bits per heavy atom. The predicted molar refractivity (Wildman–Crippen MR) is 73.9 cm³/mol. The van der Waals surface area contributed by atoms with Gasteiger partial charge in [-0.25, -0.2) is 0 Å². The minimum atomic E-state index is -0.175. The fraction of sp³-hybridized carbons (Fsp3) is 0.846. The van der Waals surface area contributed by atoms with Gasteiger partial charge in [-0.3, -0.25) is 0 Å². The molecule has 5 heteroatoms. The van der Waals surface area contributed by atoms with Crippen molar-refractivity contribution in [2.45, 2.75) is 58.1 Å². The maximum Gasteiger partial charge on any atom is 0.149 e. The van der Waals surface area contributed by atoms with Crippen LogP contribution in [0.1, 0.15) is 50.0 Å². The average Bonchev–Trinajstić information content (AvgIpc) is 2.94. The third kappa shape index (κ3) is 3.49. The van der Waals surface area contributed by atoms with Crippen LogP contribution in [-0.4, -0.2) is 29.4 Å². The monoisotopic (exact) mass is 269 g/mol. The molecule has 2 rings (SSSR count). The highest BCUT2D eigenvalue weighted by molar-refractivity contribution is 7.11. The minimum Gasteiger partial charge on any atom is -0.368 e. The first-order chi connectivity index (χ1) is 8.60. The van der Waals surface area contributed by atoms with Gasteiger partial charge in [-0.2, -0.15) is 0 Å². The lowest BCUT2D eigenvalue weighted by atomic mass is 10.0. The van der Waals surface area contributed by atoms with Crippen molar-refractivity contribution in [2.75, 3.05) is 13.2 Å². The van der Waals surface area contributed by atoms with E-state index in [0.29, 0.717) is 6.04 Å². The Labute approximate surface area is 113 Å². The third-order valence-corrected chi connectivity index (χ3v) is 4.49. The molecule has 0 aromatic carbocycles. The fourth-order valence-corrected chi connectivity index (χ4v) is 3.16. The van der Waals surface area contributed by atoms with Crippen LogP contribution in [-0.2, 0) is 16.8 Å². The summed E-state index contributed by atoms with van der Waals surface area (Å²) in [7, 11) is 0. The van der Waals surface area contributed by atoms with Gasteiger partial charge in [0.1, 0.15) is 15.6 Å². The van der Waals surface area contributed by atoms with Crippen LogP contribution in [0.25, 0.3) is 0 Å². The Balaban J connectivity index is 1.83. The number of rotatable bonds is 6. The molecule has 1 N–H and O–H groups in total. The number of hydrogen-bond acceptors (Lipinski definition) is 5. The molecule has 18 heavy (non-hydrogen) atoms. The van der Waals surface area contributed by atoms with Gasteiger partial charge in [-0.1, -0.05) is 25.2 Å². The van der Waals surface area contributed by atoms with Crippen LogP contribution in [0.2, 0.25) is 0 Å². The molecule has 0 radical (unpaired) electrons. The van der Waals surface area contributed by atoms with Gasteiger partial charge in [0, 0.05) is 19.1 Å². The van der Waals surface area contributed by atoms with Gasteiger partial charge in [-0.15, -0.1) is 10.2 Å². The second-order valence-electron chi connectivity index (χ2n) is 5.40. The van der Waals surface area contributed by atoms with E-state index in [4.69, 9.17) is 4.74 Å². The van der Waals surface area contributed by atoms with Gasteiger partial charge in [0.15, 0.2) is 0 Å². The smallest absolute Gasteiger partial charge is 0.149 e. The highest BCUT2D eigenvalue weighted by Gasteiger charge is 2.35. The SMILES string of the molecule is CC(C)NCCCc1nnc(C2(C)CCCO2)s1. The van der Waals surface area contributed by atoms with E-state index in [2.05, 4.69) is 36.3 Å². The topological polar surface area (TPSA) is 47.0 Å². The van der Waals surface area contributed by atoms with Crippen LogP contribution in [0.5, 0.6) is 0 Å². The molecular weight excluding hydrogens is 246 g/mol. The van der Waals surface area contributed by atoms with Gasteiger partial charge in [0.05, 0.1) is 0 Å². The van der Waals surface area contributed by atoms with Gasteiger partial charge in [0.25, 0.3) is 0 Å². The van der Waals surface area contributed by atoms with Crippen molar-refractivity contribution in [3.05, 3.63) is 10.0 Å². The van der Waals surface area contributed by atoms with Gasteiger partial charge in [0.2, 0.25) is 0 Å². The molecule has 1 aliphatic rings. The molecule has 0 amide bonds. The van der Waals surface area contributed by atoms with E-state index in [1.165, 1.54) is 0 Å². The number of aryl methyl sites for hydroxylation is 1. The second kappa shape index (κ2) is 6.08. The molecule has 1 aliphatic heterocycles. The van der Waals surface area contributed by atoms with Gasteiger partial charge < -0.3 is 10.1 Å². The molecule has 2 heterocycles. The van der Waals surface area contributed by atoms with Crippen LogP contribution >= 0.6 is 11.3 Å². The highest BCUT2D eigenvalue weighted by atomic mass is 32.1. The fourth-order valence-electron chi connectivity index (χ4n) is 2.15. The Kier molecular flexibility index (Phi) is 4.70. The number of nitrogens with zero attached hydrogens (tertiary/aromatic N) is 2. The Morgan fingerprint density at radius 2 is 2.28 bits per heavy atom. The van der Waals surface area contributed by atoms with Gasteiger partial charge in [-0.05, 0) is 32.7 Å². The normalized spacial score (nSPS) is 24.0. The summed E-state index contributed by atoms with van der Waals surface area (Å²) in [4.78, 5) is 0. The number of ether oxygens (including phenoxy) is 1. The van der Waals surface area contributed by atoms with E-state index < -0.39 is 0 Å². The van der Waals surface area contributed by atoms with Crippen LogP contribution in [0, 0.1) is 0 Å². The van der Waals surface area contributed by atoms with Crippen LogP contribution in [0.4, 0.5) is 0 Å². The standard InChI is InChI=1S/C13H23N3OS/c1-10(2)14-8-4-6-11-15-16-12(18-11)13(3)7-5-9-17-13/h10,14H,4-9H2,1-3H3. The second-order valence-corrected chi connectivity index (χ2v) is 6.46. The maximum atomic E-state index is 5.79. The lowest BCUT2D eigenvalue weighted by molar-refractivity contribution is 0.0161. The highest BCUT2D eigenvalue weighted by Crippen LogP contribution is 2.37. The molecule has 1 aromatic heterocycles. The van der Waals surface area contributed by atoms with E-state index in [-0.39, 0.29) is 5.60 Å². The molecule has 0 aliphatic carbocycles.